The van der Waals surface area contributed by atoms with Crippen molar-refractivity contribution in [2.45, 2.75) is 31.7 Å². The van der Waals surface area contributed by atoms with E-state index in [0.717, 1.165) is 32.1 Å². The van der Waals surface area contributed by atoms with E-state index in [9.17, 15) is 8.78 Å². The van der Waals surface area contributed by atoms with Crippen LogP contribution in [0.15, 0.2) is 12.1 Å². The van der Waals surface area contributed by atoms with E-state index in [1.54, 1.807) is 0 Å². The molecular weight excluding hydrogens is 296 g/mol. The van der Waals surface area contributed by atoms with Crippen LogP contribution in [0.25, 0.3) is 11.0 Å². The molecule has 2 aromatic rings. The number of alkyl halides is 1. The van der Waals surface area contributed by atoms with Crippen LogP contribution in [0.3, 0.4) is 0 Å². The SMILES string of the molecule is Fc1cc(F)c2nc(CCl)n(CCCN3CCCC3)c2c1. The molecule has 114 valence electrons. The van der Waals surface area contributed by atoms with Gasteiger partial charge in [0.05, 0.1) is 11.4 Å². The largest absolute Gasteiger partial charge is 0.327 e. The molecule has 1 fully saturated rings. The van der Waals surface area contributed by atoms with E-state index >= 15 is 0 Å². The molecule has 0 radical (unpaired) electrons. The summed E-state index contributed by atoms with van der Waals surface area (Å²) in [5.41, 5.74) is 0.692. The molecule has 0 amide bonds. The van der Waals surface area contributed by atoms with Crippen molar-refractivity contribution in [3.8, 4) is 0 Å². The lowest BCUT2D eigenvalue weighted by Gasteiger charge is -2.15. The second-order valence-electron chi connectivity index (χ2n) is 5.47. The Labute approximate surface area is 127 Å². The molecule has 0 unspecified atom stereocenters. The highest BCUT2D eigenvalue weighted by atomic mass is 35.5. The van der Waals surface area contributed by atoms with E-state index in [0.29, 0.717) is 17.9 Å². The molecule has 3 rings (SSSR count). The Kier molecular flexibility index (Phi) is 4.40. The summed E-state index contributed by atoms with van der Waals surface area (Å²) in [4.78, 5) is 6.62. The Morgan fingerprint density at radius 1 is 1.14 bits per heavy atom. The first kappa shape index (κ1) is 14.7. The van der Waals surface area contributed by atoms with Gasteiger partial charge in [-0.15, -0.1) is 11.6 Å². The van der Waals surface area contributed by atoms with Crippen molar-refractivity contribution in [2.75, 3.05) is 19.6 Å². The van der Waals surface area contributed by atoms with Crippen molar-refractivity contribution in [1.82, 2.24) is 14.5 Å². The number of hydrogen-bond donors (Lipinski definition) is 0. The molecule has 2 heterocycles. The van der Waals surface area contributed by atoms with Gasteiger partial charge in [-0.25, -0.2) is 13.8 Å². The number of benzene rings is 1. The van der Waals surface area contributed by atoms with Crippen LogP contribution in [0.5, 0.6) is 0 Å². The first-order valence-electron chi connectivity index (χ1n) is 7.31. The minimum atomic E-state index is -0.630. The molecule has 1 aromatic carbocycles. The van der Waals surface area contributed by atoms with E-state index in [1.807, 2.05) is 4.57 Å². The maximum atomic E-state index is 13.8. The van der Waals surface area contributed by atoms with E-state index in [2.05, 4.69) is 9.88 Å². The molecular formula is C15H18ClF2N3. The van der Waals surface area contributed by atoms with Crippen LogP contribution in [0.1, 0.15) is 25.1 Å². The third kappa shape index (κ3) is 3.04. The molecule has 0 saturated carbocycles. The van der Waals surface area contributed by atoms with Crippen LogP contribution in [0, 0.1) is 11.6 Å². The topological polar surface area (TPSA) is 21.1 Å². The molecule has 0 spiro atoms. The fourth-order valence-electron chi connectivity index (χ4n) is 3.01. The Morgan fingerprint density at radius 3 is 2.62 bits per heavy atom. The summed E-state index contributed by atoms with van der Waals surface area (Å²) in [5.74, 6) is -0.423. The lowest BCUT2D eigenvalue weighted by Crippen LogP contribution is -2.21. The Balaban J connectivity index is 1.82. The molecule has 1 aromatic heterocycles. The summed E-state index contributed by atoms with van der Waals surface area (Å²) >= 11 is 5.89. The van der Waals surface area contributed by atoms with Gasteiger partial charge in [0.1, 0.15) is 17.2 Å². The van der Waals surface area contributed by atoms with Gasteiger partial charge in [0.25, 0.3) is 0 Å². The van der Waals surface area contributed by atoms with Crippen LogP contribution >= 0.6 is 11.6 Å². The predicted molar refractivity (Wildman–Crippen MR) is 79.5 cm³/mol. The van der Waals surface area contributed by atoms with E-state index in [4.69, 9.17) is 11.6 Å². The number of fused-ring (bicyclic) bond motifs is 1. The van der Waals surface area contributed by atoms with Gasteiger partial charge < -0.3 is 9.47 Å². The zero-order valence-corrected chi connectivity index (χ0v) is 12.5. The number of aryl methyl sites for hydroxylation is 1. The average molecular weight is 314 g/mol. The maximum absolute atomic E-state index is 13.8. The minimum Gasteiger partial charge on any atom is -0.327 e. The number of halogens is 3. The monoisotopic (exact) mass is 313 g/mol. The minimum absolute atomic E-state index is 0.194. The third-order valence-electron chi connectivity index (χ3n) is 4.03. The molecule has 0 N–H and O–H groups in total. The van der Waals surface area contributed by atoms with Crippen molar-refractivity contribution >= 4 is 22.6 Å². The lowest BCUT2D eigenvalue weighted by molar-refractivity contribution is 0.325. The van der Waals surface area contributed by atoms with Gasteiger partial charge in [-0.3, -0.25) is 0 Å². The summed E-state index contributed by atoms with van der Waals surface area (Å²) in [5, 5.41) is 0. The van der Waals surface area contributed by atoms with Gasteiger partial charge in [-0.05, 0) is 45.0 Å². The van der Waals surface area contributed by atoms with Gasteiger partial charge in [-0.2, -0.15) is 0 Å². The summed E-state index contributed by atoms with van der Waals surface area (Å²) in [6.07, 6.45) is 3.45. The number of rotatable bonds is 5. The molecule has 21 heavy (non-hydrogen) atoms. The predicted octanol–water partition coefficient (Wildman–Crippen LogP) is 3.54. The van der Waals surface area contributed by atoms with Crippen molar-refractivity contribution in [3.63, 3.8) is 0 Å². The molecule has 1 aliphatic heterocycles. The smallest absolute Gasteiger partial charge is 0.153 e. The molecule has 0 atom stereocenters. The molecule has 3 nitrogen and oxygen atoms in total. The van der Waals surface area contributed by atoms with Crippen molar-refractivity contribution in [3.05, 3.63) is 29.6 Å². The van der Waals surface area contributed by atoms with Gasteiger partial charge >= 0.3 is 0 Å². The Morgan fingerprint density at radius 2 is 1.90 bits per heavy atom. The van der Waals surface area contributed by atoms with Crippen LogP contribution in [-0.4, -0.2) is 34.1 Å². The van der Waals surface area contributed by atoms with Gasteiger partial charge in [-0.1, -0.05) is 0 Å². The summed E-state index contributed by atoms with van der Waals surface area (Å²) in [7, 11) is 0. The number of aromatic nitrogens is 2. The number of imidazole rings is 1. The molecule has 0 bridgehead atoms. The molecule has 1 aliphatic rings. The second-order valence-corrected chi connectivity index (χ2v) is 5.74. The zero-order chi connectivity index (χ0) is 14.8. The average Bonchev–Trinajstić information content (AvgIpc) is 3.07. The van der Waals surface area contributed by atoms with Gasteiger partial charge in [0.15, 0.2) is 5.82 Å². The number of nitrogens with zero attached hydrogens (tertiary/aromatic N) is 3. The lowest BCUT2D eigenvalue weighted by atomic mass is 10.3. The normalized spacial score (nSPS) is 16.1. The quantitative estimate of drug-likeness (QED) is 0.787. The zero-order valence-electron chi connectivity index (χ0n) is 11.8. The van der Waals surface area contributed by atoms with E-state index in [1.165, 1.54) is 18.9 Å². The van der Waals surface area contributed by atoms with Crippen molar-refractivity contribution < 1.29 is 8.78 Å². The van der Waals surface area contributed by atoms with Crippen LogP contribution in [-0.2, 0) is 12.4 Å². The third-order valence-corrected chi connectivity index (χ3v) is 4.26. The fourth-order valence-corrected chi connectivity index (χ4v) is 3.21. The van der Waals surface area contributed by atoms with Gasteiger partial charge in [0.2, 0.25) is 0 Å². The summed E-state index contributed by atoms with van der Waals surface area (Å²) < 4.78 is 29.1. The van der Waals surface area contributed by atoms with E-state index < -0.39 is 11.6 Å². The highest BCUT2D eigenvalue weighted by molar-refractivity contribution is 6.16. The van der Waals surface area contributed by atoms with E-state index in [-0.39, 0.29) is 11.4 Å². The van der Waals surface area contributed by atoms with Crippen LogP contribution in [0.2, 0.25) is 0 Å². The summed E-state index contributed by atoms with van der Waals surface area (Å²) in [6.45, 7) is 3.98. The maximum Gasteiger partial charge on any atom is 0.153 e. The molecule has 6 heteroatoms. The first-order chi connectivity index (χ1) is 10.2. The van der Waals surface area contributed by atoms with Crippen molar-refractivity contribution in [2.24, 2.45) is 0 Å². The fraction of sp³-hybridized carbons (Fsp3) is 0.533. The second kappa shape index (κ2) is 6.28. The highest BCUT2D eigenvalue weighted by Gasteiger charge is 2.16. The van der Waals surface area contributed by atoms with Crippen LogP contribution in [0.4, 0.5) is 8.78 Å². The molecule has 0 aliphatic carbocycles. The Hall–Kier alpha value is -1.20. The van der Waals surface area contributed by atoms with Crippen LogP contribution < -0.4 is 0 Å². The highest BCUT2D eigenvalue weighted by Crippen LogP contribution is 2.22. The number of likely N-dealkylation sites (tertiary alicyclic amines) is 1. The molecule has 1 saturated heterocycles. The standard InChI is InChI=1S/C15H18ClF2N3/c16-10-14-19-15-12(18)8-11(17)9-13(15)21(14)7-3-6-20-4-1-2-5-20/h8-9H,1-7,10H2. The van der Waals surface area contributed by atoms with Gasteiger partial charge in [0, 0.05) is 12.6 Å². The number of hydrogen-bond acceptors (Lipinski definition) is 2. The summed E-state index contributed by atoms with van der Waals surface area (Å²) in [6, 6.07) is 2.19. The first-order valence-corrected chi connectivity index (χ1v) is 7.85. The van der Waals surface area contributed by atoms with Crippen molar-refractivity contribution in [1.29, 1.82) is 0 Å². The Bertz CT molecular complexity index is 635.